The highest BCUT2D eigenvalue weighted by molar-refractivity contribution is 5.95. The number of nitrogen functional groups attached to an aromatic ring is 1. The van der Waals surface area contributed by atoms with E-state index in [1.165, 1.54) is 30.3 Å². The van der Waals surface area contributed by atoms with Crippen LogP contribution in [0.25, 0.3) is 0 Å². The number of carbonyl (C=O) groups is 1. The zero-order valence-corrected chi connectivity index (χ0v) is 10.7. The number of amides is 1. The van der Waals surface area contributed by atoms with Crippen LogP contribution in [0.1, 0.15) is 15.9 Å². The molecule has 2 aromatic carbocycles. The van der Waals surface area contributed by atoms with Crippen LogP contribution in [0.2, 0.25) is 0 Å². The van der Waals surface area contributed by atoms with E-state index in [4.69, 9.17) is 11.5 Å². The van der Waals surface area contributed by atoms with E-state index in [1.807, 2.05) is 0 Å². The van der Waals surface area contributed by atoms with E-state index in [0.29, 0.717) is 5.69 Å². The minimum absolute atomic E-state index is 0.207. The monoisotopic (exact) mass is 295 g/mol. The van der Waals surface area contributed by atoms with Gasteiger partial charge in [-0.05, 0) is 36.4 Å². The molecule has 2 aromatic rings. The van der Waals surface area contributed by atoms with Gasteiger partial charge in [0.25, 0.3) is 0 Å². The van der Waals surface area contributed by atoms with Gasteiger partial charge in [0.1, 0.15) is 0 Å². The fourth-order valence-corrected chi connectivity index (χ4v) is 1.75. The summed E-state index contributed by atoms with van der Waals surface area (Å²) in [5, 5.41) is 2.75. The molecule has 0 aliphatic rings. The Morgan fingerprint density at radius 3 is 2.43 bits per heavy atom. The normalized spacial score (nSPS) is 11.2. The first-order chi connectivity index (χ1) is 9.77. The first-order valence-electron chi connectivity index (χ1n) is 5.91. The molecule has 0 atom stereocenters. The number of alkyl halides is 3. The van der Waals surface area contributed by atoms with Crippen molar-refractivity contribution in [2.75, 3.05) is 11.1 Å². The number of nitrogens with one attached hydrogen (secondary N) is 1. The van der Waals surface area contributed by atoms with Crippen LogP contribution < -0.4 is 16.8 Å². The summed E-state index contributed by atoms with van der Waals surface area (Å²) >= 11 is 0. The zero-order chi connectivity index (χ0) is 15.6. The number of primary amides is 1. The Labute approximate surface area is 118 Å². The SMILES string of the molecule is NC(=O)c1ccc(N)c(Nc2cccc(C(F)(F)F)c2)c1. The summed E-state index contributed by atoms with van der Waals surface area (Å²) in [5.74, 6) is -0.651. The van der Waals surface area contributed by atoms with Gasteiger partial charge < -0.3 is 16.8 Å². The van der Waals surface area contributed by atoms with E-state index >= 15 is 0 Å². The summed E-state index contributed by atoms with van der Waals surface area (Å²) in [4.78, 5) is 11.1. The smallest absolute Gasteiger partial charge is 0.397 e. The topological polar surface area (TPSA) is 81.1 Å². The average molecular weight is 295 g/mol. The maximum absolute atomic E-state index is 12.6. The lowest BCUT2D eigenvalue weighted by Crippen LogP contribution is -2.11. The predicted molar refractivity (Wildman–Crippen MR) is 74.1 cm³/mol. The van der Waals surface area contributed by atoms with E-state index in [0.717, 1.165) is 12.1 Å². The number of benzene rings is 2. The van der Waals surface area contributed by atoms with Gasteiger partial charge >= 0.3 is 6.18 Å². The van der Waals surface area contributed by atoms with Gasteiger partial charge in [-0.15, -0.1) is 0 Å². The second-order valence-electron chi connectivity index (χ2n) is 4.37. The Morgan fingerprint density at radius 2 is 1.81 bits per heavy atom. The van der Waals surface area contributed by atoms with Crippen LogP contribution in [0.4, 0.5) is 30.2 Å². The lowest BCUT2D eigenvalue weighted by Gasteiger charge is -2.12. The van der Waals surface area contributed by atoms with E-state index < -0.39 is 17.6 Å². The molecule has 0 aliphatic carbocycles. The third-order valence-electron chi connectivity index (χ3n) is 2.81. The molecule has 0 saturated heterocycles. The molecule has 0 aromatic heterocycles. The first kappa shape index (κ1) is 14.7. The Hall–Kier alpha value is -2.70. The molecular formula is C14H12F3N3O. The second kappa shape index (κ2) is 5.35. The highest BCUT2D eigenvalue weighted by Gasteiger charge is 2.30. The van der Waals surface area contributed by atoms with Crippen LogP contribution in [-0.4, -0.2) is 5.91 Å². The molecule has 7 heteroatoms. The van der Waals surface area contributed by atoms with E-state index in [9.17, 15) is 18.0 Å². The van der Waals surface area contributed by atoms with Crippen LogP contribution in [0.5, 0.6) is 0 Å². The molecule has 0 fully saturated rings. The van der Waals surface area contributed by atoms with Crippen molar-refractivity contribution in [2.45, 2.75) is 6.18 Å². The van der Waals surface area contributed by atoms with Crippen molar-refractivity contribution >= 4 is 23.0 Å². The van der Waals surface area contributed by atoms with Crippen molar-refractivity contribution < 1.29 is 18.0 Å². The molecule has 2 rings (SSSR count). The predicted octanol–water partition coefficient (Wildman–Crippen LogP) is 3.13. The van der Waals surface area contributed by atoms with Crippen molar-refractivity contribution in [2.24, 2.45) is 5.73 Å². The fraction of sp³-hybridized carbons (Fsp3) is 0.0714. The van der Waals surface area contributed by atoms with E-state index in [1.54, 1.807) is 0 Å². The average Bonchev–Trinajstić information content (AvgIpc) is 2.40. The van der Waals surface area contributed by atoms with Gasteiger partial charge in [-0.2, -0.15) is 13.2 Å². The number of hydrogen-bond donors (Lipinski definition) is 3. The molecule has 4 nitrogen and oxygen atoms in total. The van der Waals surface area contributed by atoms with E-state index in [2.05, 4.69) is 5.32 Å². The van der Waals surface area contributed by atoms with Crippen LogP contribution >= 0.6 is 0 Å². The number of nitrogens with two attached hydrogens (primary N) is 2. The number of halogens is 3. The minimum Gasteiger partial charge on any atom is -0.397 e. The Bertz CT molecular complexity index is 683. The molecular weight excluding hydrogens is 283 g/mol. The minimum atomic E-state index is -4.43. The highest BCUT2D eigenvalue weighted by Crippen LogP contribution is 2.32. The number of rotatable bonds is 3. The summed E-state index contributed by atoms with van der Waals surface area (Å²) < 4.78 is 37.9. The van der Waals surface area contributed by atoms with Gasteiger partial charge in [0, 0.05) is 11.3 Å². The zero-order valence-electron chi connectivity index (χ0n) is 10.7. The lowest BCUT2D eigenvalue weighted by atomic mass is 10.1. The van der Waals surface area contributed by atoms with Crippen LogP contribution in [0.15, 0.2) is 42.5 Å². The second-order valence-corrected chi connectivity index (χ2v) is 4.37. The first-order valence-corrected chi connectivity index (χ1v) is 5.91. The van der Waals surface area contributed by atoms with Crippen molar-refractivity contribution in [3.05, 3.63) is 53.6 Å². The van der Waals surface area contributed by atoms with Crippen LogP contribution in [-0.2, 0) is 6.18 Å². The standard InChI is InChI=1S/C14H12F3N3O/c15-14(16,17)9-2-1-3-10(7-9)20-12-6-8(13(19)21)4-5-11(12)18/h1-7,20H,18H2,(H2,19,21). The van der Waals surface area contributed by atoms with Gasteiger partial charge in [-0.3, -0.25) is 4.79 Å². The molecule has 0 aliphatic heterocycles. The highest BCUT2D eigenvalue weighted by atomic mass is 19.4. The molecule has 110 valence electrons. The van der Waals surface area contributed by atoms with Crippen molar-refractivity contribution in [1.82, 2.24) is 0 Å². The van der Waals surface area contributed by atoms with Crippen molar-refractivity contribution in [1.29, 1.82) is 0 Å². The summed E-state index contributed by atoms with van der Waals surface area (Å²) in [7, 11) is 0. The van der Waals surface area contributed by atoms with Gasteiger partial charge in [0.15, 0.2) is 0 Å². The number of carbonyl (C=O) groups excluding carboxylic acids is 1. The summed E-state index contributed by atoms with van der Waals surface area (Å²) in [6.45, 7) is 0. The summed E-state index contributed by atoms with van der Waals surface area (Å²) in [6.07, 6.45) is -4.43. The third-order valence-corrected chi connectivity index (χ3v) is 2.81. The Morgan fingerprint density at radius 1 is 1.10 bits per heavy atom. The molecule has 0 unspecified atom stereocenters. The summed E-state index contributed by atoms with van der Waals surface area (Å²) in [6, 6.07) is 8.94. The van der Waals surface area contributed by atoms with Gasteiger partial charge in [0.2, 0.25) is 5.91 Å². The molecule has 1 amide bonds. The van der Waals surface area contributed by atoms with Crippen LogP contribution in [0.3, 0.4) is 0 Å². The maximum atomic E-state index is 12.6. The third kappa shape index (κ3) is 3.44. The Kier molecular flexibility index (Phi) is 3.75. The number of anilines is 3. The van der Waals surface area contributed by atoms with Gasteiger partial charge in [0.05, 0.1) is 16.9 Å². The molecule has 0 heterocycles. The molecule has 0 saturated carbocycles. The van der Waals surface area contributed by atoms with Crippen LogP contribution in [0, 0.1) is 0 Å². The van der Waals surface area contributed by atoms with Crippen molar-refractivity contribution in [3.8, 4) is 0 Å². The molecule has 5 N–H and O–H groups in total. The van der Waals surface area contributed by atoms with E-state index in [-0.39, 0.29) is 16.9 Å². The molecule has 0 bridgehead atoms. The lowest BCUT2D eigenvalue weighted by molar-refractivity contribution is -0.137. The van der Waals surface area contributed by atoms with Gasteiger partial charge in [-0.1, -0.05) is 6.07 Å². The molecule has 21 heavy (non-hydrogen) atoms. The Balaban J connectivity index is 2.34. The van der Waals surface area contributed by atoms with Gasteiger partial charge in [-0.25, -0.2) is 0 Å². The maximum Gasteiger partial charge on any atom is 0.416 e. The molecule has 0 spiro atoms. The quantitative estimate of drug-likeness (QED) is 0.761. The summed E-state index contributed by atoms with van der Waals surface area (Å²) in [5.41, 5.74) is 11.1. The largest absolute Gasteiger partial charge is 0.416 e. The molecule has 0 radical (unpaired) electrons. The van der Waals surface area contributed by atoms with Crippen molar-refractivity contribution in [3.63, 3.8) is 0 Å². The number of hydrogen-bond acceptors (Lipinski definition) is 3. The fourth-order valence-electron chi connectivity index (χ4n) is 1.75.